The van der Waals surface area contributed by atoms with Gasteiger partial charge in [-0.3, -0.25) is 4.55 Å². The molecule has 22 heavy (non-hydrogen) atoms. The number of hydrogen-bond donors (Lipinski definition) is 2. The van der Waals surface area contributed by atoms with Crippen LogP contribution in [0.3, 0.4) is 0 Å². The van der Waals surface area contributed by atoms with Gasteiger partial charge in [0.25, 0.3) is 10.1 Å². The Labute approximate surface area is 133 Å². The third-order valence-electron chi connectivity index (χ3n) is 5.55. The summed E-state index contributed by atoms with van der Waals surface area (Å²) in [6.45, 7) is 1.23. The third-order valence-corrected chi connectivity index (χ3v) is 5.55. The Kier molecular flexibility index (Phi) is 4.32. The second-order valence-corrected chi connectivity index (χ2v) is 8.38. The lowest BCUT2D eigenvalue weighted by Gasteiger charge is -2.56. The van der Waals surface area contributed by atoms with Crippen LogP contribution in [-0.2, 0) is 22.0 Å². The van der Waals surface area contributed by atoms with E-state index in [4.69, 9.17) is 4.55 Å². The van der Waals surface area contributed by atoms with Crippen LogP contribution in [0.25, 0.3) is 0 Å². The van der Waals surface area contributed by atoms with E-state index in [0.717, 1.165) is 12.0 Å². The van der Waals surface area contributed by atoms with Crippen LogP contribution in [0.15, 0.2) is 24.3 Å². The molecule has 1 aliphatic heterocycles. The molecule has 3 aliphatic rings. The Morgan fingerprint density at radius 1 is 1.23 bits per heavy atom. The average molecular weight is 323 g/mol. The van der Waals surface area contributed by atoms with Crippen molar-refractivity contribution in [2.75, 3.05) is 12.8 Å². The van der Waals surface area contributed by atoms with Crippen LogP contribution < -0.4 is 5.32 Å². The highest BCUT2D eigenvalue weighted by molar-refractivity contribution is 7.85. The van der Waals surface area contributed by atoms with Crippen molar-refractivity contribution in [3.8, 4) is 0 Å². The van der Waals surface area contributed by atoms with E-state index in [9.17, 15) is 8.42 Å². The Balaban J connectivity index is 0.000000254. The first-order valence-corrected chi connectivity index (χ1v) is 9.99. The zero-order chi connectivity index (χ0) is 15.8. The van der Waals surface area contributed by atoms with Crippen LogP contribution in [0.4, 0.5) is 0 Å². The summed E-state index contributed by atoms with van der Waals surface area (Å²) in [5.41, 5.74) is 3.88. The van der Waals surface area contributed by atoms with Crippen molar-refractivity contribution in [2.24, 2.45) is 5.92 Å². The van der Waals surface area contributed by atoms with Gasteiger partial charge in [0.1, 0.15) is 0 Å². The molecule has 0 aromatic heterocycles. The van der Waals surface area contributed by atoms with Gasteiger partial charge in [-0.25, -0.2) is 0 Å². The molecule has 2 bridgehead atoms. The van der Waals surface area contributed by atoms with Crippen molar-refractivity contribution in [3.05, 3.63) is 35.4 Å². The SMILES string of the molecule is CS(=O)(=O)O.c1ccc2c(c1)C[C@H]1NCC[C@@]23CCCC[C@@H]13. The Hall–Kier alpha value is -0.910. The summed E-state index contributed by atoms with van der Waals surface area (Å²) in [6.07, 6.45) is 9.13. The summed E-state index contributed by atoms with van der Waals surface area (Å²) in [6, 6.07) is 10.0. The predicted molar refractivity (Wildman–Crippen MR) is 87.7 cm³/mol. The molecule has 5 heteroatoms. The van der Waals surface area contributed by atoms with Gasteiger partial charge in [0.2, 0.25) is 0 Å². The number of piperidine rings is 1. The maximum absolute atomic E-state index is 9.19. The van der Waals surface area contributed by atoms with Crippen molar-refractivity contribution in [3.63, 3.8) is 0 Å². The molecular weight excluding hydrogens is 298 g/mol. The number of hydrogen-bond acceptors (Lipinski definition) is 3. The fraction of sp³-hybridized carbons (Fsp3) is 0.647. The van der Waals surface area contributed by atoms with E-state index in [2.05, 4.69) is 29.6 Å². The molecule has 122 valence electrons. The first-order chi connectivity index (χ1) is 10.4. The molecule has 4 rings (SSSR count). The highest BCUT2D eigenvalue weighted by Crippen LogP contribution is 2.53. The smallest absolute Gasteiger partial charge is 0.261 e. The van der Waals surface area contributed by atoms with Gasteiger partial charge in [0.05, 0.1) is 6.26 Å². The normalized spacial score (nSPS) is 33.0. The van der Waals surface area contributed by atoms with Crippen LogP contribution in [0.2, 0.25) is 0 Å². The largest absolute Gasteiger partial charge is 0.313 e. The molecule has 2 fully saturated rings. The van der Waals surface area contributed by atoms with Crippen LogP contribution in [-0.4, -0.2) is 31.8 Å². The third kappa shape index (κ3) is 3.07. The van der Waals surface area contributed by atoms with Crippen molar-refractivity contribution in [1.29, 1.82) is 0 Å². The van der Waals surface area contributed by atoms with E-state index < -0.39 is 10.1 Å². The second-order valence-electron chi connectivity index (χ2n) is 6.91. The molecule has 1 heterocycles. The van der Waals surface area contributed by atoms with E-state index >= 15 is 0 Å². The molecule has 1 aromatic carbocycles. The highest BCUT2D eigenvalue weighted by Gasteiger charge is 2.51. The van der Waals surface area contributed by atoms with Gasteiger partial charge >= 0.3 is 0 Å². The van der Waals surface area contributed by atoms with Crippen molar-refractivity contribution in [1.82, 2.24) is 5.32 Å². The van der Waals surface area contributed by atoms with E-state index in [1.165, 1.54) is 45.1 Å². The van der Waals surface area contributed by atoms with Crippen molar-refractivity contribution in [2.45, 2.75) is 50.0 Å². The number of rotatable bonds is 0. The van der Waals surface area contributed by atoms with Gasteiger partial charge in [0.15, 0.2) is 0 Å². The standard InChI is InChI=1S/C16H21N.CH4O3S/c1-2-6-13-12(5-1)11-15-14-7-3-4-8-16(13,14)9-10-17-15;1-5(2,3)4/h1-2,5-6,14-15,17H,3-4,7-11H2;1H3,(H,2,3,4)/t14-,15+,16-;/m0./s1. The summed E-state index contributed by atoms with van der Waals surface area (Å²) in [4.78, 5) is 0. The molecule has 0 radical (unpaired) electrons. The number of nitrogens with one attached hydrogen (secondary N) is 1. The Morgan fingerprint density at radius 3 is 2.73 bits per heavy atom. The van der Waals surface area contributed by atoms with Gasteiger partial charge in [-0.2, -0.15) is 8.42 Å². The molecule has 0 amide bonds. The summed E-state index contributed by atoms with van der Waals surface area (Å²) < 4.78 is 25.9. The molecular formula is C17H25NO3S. The van der Waals surface area contributed by atoms with E-state index in [1.807, 2.05) is 0 Å². The summed E-state index contributed by atoms with van der Waals surface area (Å²) in [7, 11) is -3.67. The molecule has 1 aromatic rings. The van der Waals surface area contributed by atoms with Crippen LogP contribution in [0.5, 0.6) is 0 Å². The summed E-state index contributed by atoms with van der Waals surface area (Å²) >= 11 is 0. The van der Waals surface area contributed by atoms with E-state index in [0.29, 0.717) is 11.7 Å². The molecule has 0 spiro atoms. The van der Waals surface area contributed by atoms with Gasteiger partial charge in [0, 0.05) is 11.5 Å². The van der Waals surface area contributed by atoms with Crippen LogP contribution in [0.1, 0.15) is 43.2 Å². The molecule has 3 atom stereocenters. The van der Waals surface area contributed by atoms with Gasteiger partial charge in [-0.1, -0.05) is 37.1 Å². The van der Waals surface area contributed by atoms with Crippen LogP contribution >= 0.6 is 0 Å². The molecule has 4 nitrogen and oxygen atoms in total. The molecule has 2 N–H and O–H groups in total. The van der Waals surface area contributed by atoms with Crippen molar-refractivity contribution < 1.29 is 13.0 Å². The van der Waals surface area contributed by atoms with Gasteiger partial charge in [-0.15, -0.1) is 0 Å². The predicted octanol–water partition coefficient (Wildman–Crippen LogP) is 2.54. The lowest BCUT2D eigenvalue weighted by Crippen LogP contribution is -2.59. The first kappa shape index (κ1) is 16.0. The zero-order valence-electron chi connectivity index (χ0n) is 13.1. The molecule has 0 unspecified atom stereocenters. The number of fused-ring (bicyclic) bond motifs is 1. The lowest BCUT2D eigenvalue weighted by molar-refractivity contribution is 0.0798. The minimum Gasteiger partial charge on any atom is -0.313 e. The molecule has 1 saturated heterocycles. The Morgan fingerprint density at radius 2 is 1.95 bits per heavy atom. The highest BCUT2D eigenvalue weighted by atomic mass is 32.2. The first-order valence-electron chi connectivity index (χ1n) is 8.14. The Bertz CT molecular complexity index is 631. The number of benzene rings is 1. The monoisotopic (exact) mass is 323 g/mol. The lowest BCUT2D eigenvalue weighted by atomic mass is 9.53. The average Bonchev–Trinajstić information content (AvgIpc) is 2.45. The fourth-order valence-corrected chi connectivity index (χ4v) is 4.89. The maximum Gasteiger partial charge on any atom is 0.261 e. The minimum absolute atomic E-state index is 0.545. The second kappa shape index (κ2) is 5.95. The van der Waals surface area contributed by atoms with Gasteiger partial charge < -0.3 is 5.32 Å². The summed E-state index contributed by atoms with van der Waals surface area (Å²) in [5.74, 6) is 0.917. The fourth-order valence-electron chi connectivity index (χ4n) is 4.89. The van der Waals surface area contributed by atoms with E-state index in [-0.39, 0.29) is 0 Å². The van der Waals surface area contributed by atoms with Gasteiger partial charge in [-0.05, 0) is 49.3 Å². The van der Waals surface area contributed by atoms with Crippen molar-refractivity contribution >= 4 is 10.1 Å². The molecule has 2 aliphatic carbocycles. The maximum atomic E-state index is 9.19. The van der Waals surface area contributed by atoms with E-state index in [1.54, 1.807) is 11.1 Å². The summed E-state index contributed by atoms with van der Waals surface area (Å²) in [5, 5.41) is 3.79. The molecule has 1 saturated carbocycles. The minimum atomic E-state index is -3.67. The quantitative estimate of drug-likeness (QED) is 0.720. The topological polar surface area (TPSA) is 66.4 Å². The zero-order valence-corrected chi connectivity index (χ0v) is 13.9. The van der Waals surface area contributed by atoms with Crippen LogP contribution in [0, 0.1) is 5.92 Å².